The second-order valence-corrected chi connectivity index (χ2v) is 3.21. The molecular formula is C8H7ClF3NO2. The molecule has 1 aromatic rings. The van der Waals surface area contributed by atoms with Gasteiger partial charge in [-0.15, -0.1) is 0 Å². The van der Waals surface area contributed by atoms with E-state index < -0.39 is 22.5 Å². The van der Waals surface area contributed by atoms with Crippen LogP contribution in [0.15, 0.2) is 12.1 Å². The lowest BCUT2D eigenvalue weighted by Gasteiger charge is -2.12. The van der Waals surface area contributed by atoms with E-state index in [1.54, 1.807) is 5.48 Å². The molecule has 1 rings (SSSR count). The van der Waals surface area contributed by atoms with Crippen LogP contribution in [0.4, 0.5) is 13.2 Å². The average molecular weight is 242 g/mol. The highest BCUT2D eigenvalue weighted by Crippen LogP contribution is 2.40. The molecule has 0 fully saturated rings. The quantitative estimate of drug-likeness (QED) is 0.698. The van der Waals surface area contributed by atoms with Gasteiger partial charge in [-0.1, -0.05) is 11.6 Å². The largest absolute Gasteiger partial charge is 0.506 e. The number of nitrogens with one attached hydrogen (secondary N) is 1. The standard InChI is InChI=1S/C8H7ClF3NO2/c9-6-2-4(3-13-15)1-5(7(6)14)8(10,11)12/h1-2,13-15H,3H2. The minimum absolute atomic E-state index is 0.118. The van der Waals surface area contributed by atoms with Crippen molar-refractivity contribution < 1.29 is 23.5 Å². The van der Waals surface area contributed by atoms with Gasteiger partial charge < -0.3 is 10.3 Å². The molecule has 0 aromatic heterocycles. The van der Waals surface area contributed by atoms with Crippen molar-refractivity contribution in [1.29, 1.82) is 0 Å². The van der Waals surface area contributed by atoms with E-state index in [9.17, 15) is 13.2 Å². The SMILES string of the molecule is ONCc1cc(Cl)c(O)c(C(F)(F)F)c1. The van der Waals surface area contributed by atoms with Crippen molar-refractivity contribution in [3.63, 3.8) is 0 Å². The van der Waals surface area contributed by atoms with E-state index in [4.69, 9.17) is 21.9 Å². The van der Waals surface area contributed by atoms with E-state index in [2.05, 4.69) is 0 Å². The first-order chi connectivity index (χ1) is 6.86. The number of phenolic OH excluding ortho intramolecular Hbond substituents is 1. The van der Waals surface area contributed by atoms with Gasteiger partial charge in [-0.3, -0.25) is 0 Å². The molecule has 0 aliphatic rings. The zero-order valence-corrected chi connectivity index (χ0v) is 8.02. The van der Waals surface area contributed by atoms with Crippen molar-refractivity contribution in [3.8, 4) is 5.75 Å². The van der Waals surface area contributed by atoms with Gasteiger partial charge in [0.15, 0.2) is 0 Å². The van der Waals surface area contributed by atoms with Gasteiger partial charge in [0.05, 0.1) is 10.6 Å². The molecule has 0 amide bonds. The van der Waals surface area contributed by atoms with E-state index >= 15 is 0 Å². The molecule has 7 heteroatoms. The third kappa shape index (κ3) is 2.74. The number of hydroxylamine groups is 1. The van der Waals surface area contributed by atoms with Gasteiger partial charge in [0.1, 0.15) is 5.75 Å². The predicted octanol–water partition coefficient (Wildman–Crippen LogP) is 2.54. The Hall–Kier alpha value is -0.980. The van der Waals surface area contributed by atoms with Crippen LogP contribution in [0, 0.1) is 0 Å². The molecule has 84 valence electrons. The number of alkyl halides is 3. The van der Waals surface area contributed by atoms with Crippen molar-refractivity contribution in [2.45, 2.75) is 12.7 Å². The first-order valence-corrected chi connectivity index (χ1v) is 4.19. The van der Waals surface area contributed by atoms with Crippen LogP contribution < -0.4 is 5.48 Å². The highest BCUT2D eigenvalue weighted by molar-refractivity contribution is 6.32. The van der Waals surface area contributed by atoms with E-state index in [-0.39, 0.29) is 12.1 Å². The number of rotatable bonds is 2. The molecular weight excluding hydrogens is 235 g/mol. The number of aromatic hydroxyl groups is 1. The van der Waals surface area contributed by atoms with E-state index in [1.807, 2.05) is 0 Å². The molecule has 15 heavy (non-hydrogen) atoms. The Labute approximate surface area is 88.1 Å². The van der Waals surface area contributed by atoms with Crippen molar-refractivity contribution in [1.82, 2.24) is 5.48 Å². The Morgan fingerprint density at radius 1 is 1.33 bits per heavy atom. The van der Waals surface area contributed by atoms with Crippen molar-refractivity contribution in [3.05, 3.63) is 28.3 Å². The zero-order valence-electron chi connectivity index (χ0n) is 7.27. The highest BCUT2D eigenvalue weighted by Gasteiger charge is 2.35. The summed E-state index contributed by atoms with van der Waals surface area (Å²) in [6.45, 7) is -0.191. The molecule has 0 unspecified atom stereocenters. The molecule has 0 saturated heterocycles. The molecule has 0 radical (unpaired) electrons. The highest BCUT2D eigenvalue weighted by atomic mass is 35.5. The molecule has 0 aliphatic carbocycles. The maximum atomic E-state index is 12.3. The van der Waals surface area contributed by atoms with Crippen LogP contribution in [-0.2, 0) is 12.7 Å². The number of hydrogen-bond acceptors (Lipinski definition) is 3. The minimum atomic E-state index is -4.68. The van der Waals surface area contributed by atoms with Gasteiger partial charge >= 0.3 is 6.18 Å². The molecule has 0 saturated carbocycles. The lowest BCUT2D eigenvalue weighted by Crippen LogP contribution is -2.10. The molecule has 0 bridgehead atoms. The zero-order chi connectivity index (χ0) is 11.6. The monoisotopic (exact) mass is 241 g/mol. The summed E-state index contributed by atoms with van der Waals surface area (Å²) >= 11 is 5.40. The first-order valence-electron chi connectivity index (χ1n) is 3.81. The van der Waals surface area contributed by atoms with Gasteiger partial charge in [0, 0.05) is 6.54 Å². The summed E-state index contributed by atoms with van der Waals surface area (Å²) in [5.41, 5.74) is 0.598. The van der Waals surface area contributed by atoms with Crippen molar-refractivity contribution in [2.75, 3.05) is 0 Å². The van der Waals surface area contributed by atoms with Crippen LogP contribution in [0.2, 0.25) is 5.02 Å². The Bertz CT molecular complexity index is 368. The Morgan fingerprint density at radius 2 is 1.93 bits per heavy atom. The lowest BCUT2D eigenvalue weighted by atomic mass is 10.1. The fraction of sp³-hybridized carbons (Fsp3) is 0.250. The van der Waals surface area contributed by atoms with Crippen molar-refractivity contribution in [2.24, 2.45) is 0 Å². The van der Waals surface area contributed by atoms with E-state index in [0.29, 0.717) is 6.07 Å². The summed E-state index contributed by atoms with van der Waals surface area (Å²) in [4.78, 5) is 0. The van der Waals surface area contributed by atoms with Crippen LogP contribution in [-0.4, -0.2) is 10.3 Å². The molecule has 0 heterocycles. The summed E-state index contributed by atoms with van der Waals surface area (Å²) in [7, 11) is 0. The van der Waals surface area contributed by atoms with Crippen LogP contribution in [0.25, 0.3) is 0 Å². The number of halogens is 4. The third-order valence-corrected chi connectivity index (χ3v) is 2.00. The normalized spacial score (nSPS) is 11.8. The van der Waals surface area contributed by atoms with Crippen molar-refractivity contribution >= 4 is 11.6 Å². The van der Waals surface area contributed by atoms with Gasteiger partial charge in [-0.2, -0.15) is 13.2 Å². The summed E-state index contributed by atoms with van der Waals surface area (Å²) < 4.78 is 37.0. The predicted molar refractivity (Wildman–Crippen MR) is 46.7 cm³/mol. The molecule has 1 aromatic carbocycles. The summed E-state index contributed by atoms with van der Waals surface area (Å²) in [5.74, 6) is -1.01. The second kappa shape index (κ2) is 4.26. The second-order valence-electron chi connectivity index (χ2n) is 2.81. The van der Waals surface area contributed by atoms with Crippen LogP contribution in [0.1, 0.15) is 11.1 Å². The minimum Gasteiger partial charge on any atom is -0.506 e. The maximum Gasteiger partial charge on any atom is 0.420 e. The van der Waals surface area contributed by atoms with Gasteiger partial charge in [0.25, 0.3) is 0 Å². The maximum absolute atomic E-state index is 12.3. The fourth-order valence-corrected chi connectivity index (χ4v) is 1.31. The van der Waals surface area contributed by atoms with E-state index in [0.717, 1.165) is 6.07 Å². The molecule has 3 nitrogen and oxygen atoms in total. The first kappa shape index (κ1) is 12.1. The summed E-state index contributed by atoms with van der Waals surface area (Å²) in [6, 6.07) is 1.85. The van der Waals surface area contributed by atoms with Crippen LogP contribution in [0.3, 0.4) is 0 Å². The van der Waals surface area contributed by atoms with Gasteiger partial charge in [-0.05, 0) is 17.7 Å². The third-order valence-electron chi connectivity index (χ3n) is 1.71. The molecule has 0 aliphatic heterocycles. The number of phenols is 1. The topological polar surface area (TPSA) is 52.5 Å². The fourth-order valence-electron chi connectivity index (χ4n) is 1.06. The number of benzene rings is 1. The summed E-state index contributed by atoms with van der Waals surface area (Å²) in [5, 5.41) is 17.0. The van der Waals surface area contributed by atoms with Gasteiger partial charge in [-0.25, -0.2) is 5.48 Å². The van der Waals surface area contributed by atoms with Gasteiger partial charge in [0.2, 0.25) is 0 Å². The average Bonchev–Trinajstić information content (AvgIpc) is 2.09. The van der Waals surface area contributed by atoms with Crippen LogP contribution in [0.5, 0.6) is 5.75 Å². The lowest BCUT2D eigenvalue weighted by molar-refractivity contribution is -0.138. The smallest absolute Gasteiger partial charge is 0.420 e. The Balaban J connectivity index is 3.25. The van der Waals surface area contributed by atoms with Crippen LogP contribution >= 0.6 is 11.6 Å². The Morgan fingerprint density at radius 3 is 2.40 bits per heavy atom. The molecule has 0 atom stereocenters. The Kier molecular flexibility index (Phi) is 3.43. The summed E-state index contributed by atoms with van der Waals surface area (Å²) in [6.07, 6.45) is -4.68. The number of hydrogen-bond donors (Lipinski definition) is 3. The molecule has 3 N–H and O–H groups in total. The molecule has 0 spiro atoms. The van der Waals surface area contributed by atoms with E-state index in [1.165, 1.54) is 0 Å².